The van der Waals surface area contributed by atoms with Crippen LogP contribution in [0, 0.1) is 0 Å². The summed E-state index contributed by atoms with van der Waals surface area (Å²) >= 11 is 3.00. The predicted octanol–water partition coefficient (Wildman–Crippen LogP) is 2.59. The molecular weight excluding hydrogens is 275 g/mol. The number of aromatic hydroxyl groups is 1. The molecule has 0 heterocycles. The summed E-state index contributed by atoms with van der Waals surface area (Å²) < 4.78 is 36.7. The molecule has 1 rings (SSSR count). The first-order valence-corrected chi connectivity index (χ1v) is 4.90. The first-order chi connectivity index (χ1) is 6.82. The molecule has 0 aromatic heterocycles. The Morgan fingerprint density at radius 1 is 1.40 bits per heavy atom. The zero-order valence-electron chi connectivity index (χ0n) is 7.55. The Kier molecular flexibility index (Phi) is 3.62. The Morgan fingerprint density at radius 2 is 2.00 bits per heavy atom. The van der Waals surface area contributed by atoms with Crippen LogP contribution < -0.4 is 5.73 Å². The molecule has 0 aliphatic heterocycles. The molecule has 0 radical (unpaired) electrons. The van der Waals surface area contributed by atoms with E-state index in [1.807, 2.05) is 0 Å². The van der Waals surface area contributed by atoms with Crippen molar-refractivity contribution < 1.29 is 18.3 Å². The van der Waals surface area contributed by atoms with E-state index in [2.05, 4.69) is 15.9 Å². The van der Waals surface area contributed by atoms with Crippen LogP contribution >= 0.6 is 15.9 Å². The van der Waals surface area contributed by atoms with Crippen molar-refractivity contribution in [3.63, 3.8) is 0 Å². The van der Waals surface area contributed by atoms with E-state index in [4.69, 9.17) is 5.73 Å². The molecule has 2 nitrogen and oxygen atoms in total. The van der Waals surface area contributed by atoms with Crippen molar-refractivity contribution in [2.24, 2.45) is 5.73 Å². The van der Waals surface area contributed by atoms with Gasteiger partial charge in [-0.3, -0.25) is 0 Å². The number of hydrogen-bond acceptors (Lipinski definition) is 2. The van der Waals surface area contributed by atoms with Gasteiger partial charge < -0.3 is 10.8 Å². The fourth-order valence-corrected chi connectivity index (χ4v) is 1.50. The summed E-state index contributed by atoms with van der Waals surface area (Å²) in [6, 6.07) is 2.41. The lowest BCUT2D eigenvalue weighted by Gasteiger charge is -2.16. The van der Waals surface area contributed by atoms with Crippen molar-refractivity contribution in [3.8, 4) is 5.75 Å². The molecule has 0 amide bonds. The number of halogens is 4. The van der Waals surface area contributed by atoms with Crippen LogP contribution in [0.4, 0.5) is 13.2 Å². The highest BCUT2D eigenvalue weighted by molar-refractivity contribution is 9.10. The molecule has 1 atom stereocenters. The lowest BCUT2D eigenvalue weighted by molar-refractivity contribution is -0.147. The first kappa shape index (κ1) is 12.3. The van der Waals surface area contributed by atoms with E-state index < -0.39 is 12.2 Å². The Hall–Kier alpha value is -0.750. The van der Waals surface area contributed by atoms with Crippen LogP contribution in [-0.2, 0) is 6.42 Å². The van der Waals surface area contributed by atoms with Crippen LogP contribution in [0.2, 0.25) is 0 Å². The molecule has 6 heteroatoms. The number of rotatable bonds is 2. The van der Waals surface area contributed by atoms with Crippen molar-refractivity contribution in [1.29, 1.82) is 0 Å². The van der Waals surface area contributed by atoms with Crippen LogP contribution in [-0.4, -0.2) is 17.3 Å². The summed E-state index contributed by atoms with van der Waals surface area (Å²) in [5.41, 5.74) is 5.31. The second-order valence-corrected chi connectivity index (χ2v) is 3.90. The average Bonchev–Trinajstić information content (AvgIpc) is 2.11. The van der Waals surface area contributed by atoms with E-state index in [0.717, 1.165) is 0 Å². The van der Waals surface area contributed by atoms with Crippen molar-refractivity contribution in [3.05, 3.63) is 28.2 Å². The van der Waals surface area contributed by atoms with E-state index in [1.165, 1.54) is 18.2 Å². The summed E-state index contributed by atoms with van der Waals surface area (Å²) in [6.45, 7) is 0. The molecule has 0 aliphatic carbocycles. The highest BCUT2D eigenvalue weighted by atomic mass is 79.9. The zero-order chi connectivity index (χ0) is 11.6. The van der Waals surface area contributed by atoms with E-state index in [1.54, 1.807) is 0 Å². The minimum Gasteiger partial charge on any atom is -0.507 e. The summed E-state index contributed by atoms with van der Waals surface area (Å²) in [5, 5.41) is 9.25. The van der Waals surface area contributed by atoms with Gasteiger partial charge in [0.2, 0.25) is 0 Å². The Morgan fingerprint density at radius 3 is 2.53 bits per heavy atom. The minimum atomic E-state index is -4.43. The maximum Gasteiger partial charge on any atom is 0.403 e. The van der Waals surface area contributed by atoms with E-state index in [0.29, 0.717) is 5.56 Å². The molecule has 3 N–H and O–H groups in total. The standard InChI is InChI=1S/C9H9BrF3NO/c10-8-5(2-1-3-6(8)15)4-7(14)9(11,12)13/h1-3,7,15H,4,14H2. The smallest absolute Gasteiger partial charge is 0.403 e. The van der Waals surface area contributed by atoms with Crippen LogP contribution in [0.25, 0.3) is 0 Å². The number of phenolic OH excluding ortho intramolecular Hbond substituents is 1. The highest BCUT2D eigenvalue weighted by Gasteiger charge is 2.36. The van der Waals surface area contributed by atoms with Crippen molar-refractivity contribution in [1.82, 2.24) is 0 Å². The molecule has 84 valence electrons. The van der Waals surface area contributed by atoms with Gasteiger partial charge in [0.05, 0.1) is 4.47 Å². The first-order valence-electron chi connectivity index (χ1n) is 4.11. The zero-order valence-corrected chi connectivity index (χ0v) is 9.14. The van der Waals surface area contributed by atoms with E-state index >= 15 is 0 Å². The molecule has 0 saturated heterocycles. The second-order valence-electron chi connectivity index (χ2n) is 3.10. The lowest BCUT2D eigenvalue weighted by Crippen LogP contribution is -2.39. The molecule has 1 aromatic rings. The number of alkyl halides is 3. The van der Waals surface area contributed by atoms with Crippen LogP contribution in [0.3, 0.4) is 0 Å². The molecule has 0 aliphatic rings. The van der Waals surface area contributed by atoms with Crippen LogP contribution in [0.15, 0.2) is 22.7 Å². The average molecular weight is 284 g/mol. The summed E-state index contributed by atoms with van der Waals surface area (Å²) in [6.07, 6.45) is -4.79. The maximum absolute atomic E-state index is 12.2. The third kappa shape index (κ3) is 3.10. The lowest BCUT2D eigenvalue weighted by atomic mass is 10.1. The van der Waals surface area contributed by atoms with E-state index in [-0.39, 0.29) is 16.6 Å². The van der Waals surface area contributed by atoms with Gasteiger partial charge >= 0.3 is 6.18 Å². The number of phenols is 1. The van der Waals surface area contributed by atoms with Gasteiger partial charge in [-0.05, 0) is 34.0 Å². The second kappa shape index (κ2) is 4.40. The van der Waals surface area contributed by atoms with Crippen LogP contribution in [0.5, 0.6) is 5.75 Å². The maximum atomic E-state index is 12.2. The Balaban J connectivity index is 2.86. The van der Waals surface area contributed by atoms with Gasteiger partial charge in [0.1, 0.15) is 11.8 Å². The normalized spacial score (nSPS) is 13.9. The summed E-state index contributed by atoms with van der Waals surface area (Å²) in [4.78, 5) is 0. The van der Waals surface area contributed by atoms with Crippen molar-refractivity contribution >= 4 is 15.9 Å². The Labute approximate surface area is 93.0 Å². The molecule has 15 heavy (non-hydrogen) atoms. The quantitative estimate of drug-likeness (QED) is 0.876. The third-order valence-corrected chi connectivity index (χ3v) is 2.83. The predicted molar refractivity (Wildman–Crippen MR) is 53.5 cm³/mol. The monoisotopic (exact) mass is 283 g/mol. The van der Waals surface area contributed by atoms with Gasteiger partial charge in [-0.15, -0.1) is 0 Å². The molecular formula is C9H9BrF3NO. The number of benzene rings is 1. The van der Waals surface area contributed by atoms with Crippen LogP contribution in [0.1, 0.15) is 5.56 Å². The van der Waals surface area contributed by atoms with Gasteiger partial charge in [-0.2, -0.15) is 13.2 Å². The minimum absolute atomic E-state index is 0.0955. The molecule has 0 spiro atoms. The Bertz CT molecular complexity index is 354. The highest BCUT2D eigenvalue weighted by Crippen LogP contribution is 2.30. The largest absolute Gasteiger partial charge is 0.507 e. The van der Waals surface area contributed by atoms with Gasteiger partial charge in [0, 0.05) is 0 Å². The molecule has 1 aromatic carbocycles. The molecule has 0 saturated carbocycles. The third-order valence-electron chi connectivity index (χ3n) is 1.92. The molecule has 1 unspecified atom stereocenters. The van der Waals surface area contributed by atoms with Gasteiger partial charge in [0.15, 0.2) is 0 Å². The van der Waals surface area contributed by atoms with Crippen molar-refractivity contribution in [2.75, 3.05) is 0 Å². The fraction of sp³-hybridized carbons (Fsp3) is 0.333. The summed E-state index contributed by atoms with van der Waals surface area (Å²) in [7, 11) is 0. The topological polar surface area (TPSA) is 46.2 Å². The summed E-state index contributed by atoms with van der Waals surface area (Å²) in [5.74, 6) is -0.0955. The molecule has 0 bridgehead atoms. The number of hydrogen-bond donors (Lipinski definition) is 2. The van der Waals surface area contributed by atoms with Gasteiger partial charge in [-0.1, -0.05) is 12.1 Å². The van der Waals surface area contributed by atoms with E-state index in [9.17, 15) is 18.3 Å². The fourth-order valence-electron chi connectivity index (χ4n) is 1.08. The SMILES string of the molecule is NC(Cc1cccc(O)c1Br)C(F)(F)F. The van der Waals surface area contributed by atoms with Gasteiger partial charge in [0.25, 0.3) is 0 Å². The van der Waals surface area contributed by atoms with Crippen molar-refractivity contribution in [2.45, 2.75) is 18.6 Å². The number of nitrogens with two attached hydrogens (primary N) is 1. The van der Waals surface area contributed by atoms with Gasteiger partial charge in [-0.25, -0.2) is 0 Å². The molecule has 0 fully saturated rings.